The molecular weight excluding hydrogens is 180 g/mol. The Morgan fingerprint density at radius 2 is 2.29 bits per heavy atom. The molecule has 0 saturated carbocycles. The molecule has 0 aromatic heterocycles. The van der Waals surface area contributed by atoms with Crippen LogP contribution in [0.2, 0.25) is 0 Å². The fourth-order valence-electron chi connectivity index (χ4n) is 1.60. The summed E-state index contributed by atoms with van der Waals surface area (Å²) < 4.78 is 5.45. The van der Waals surface area contributed by atoms with Crippen LogP contribution in [0.3, 0.4) is 0 Å². The number of morpholine rings is 1. The lowest BCUT2D eigenvalue weighted by Gasteiger charge is -2.38. The van der Waals surface area contributed by atoms with Crippen molar-refractivity contribution in [3.05, 3.63) is 0 Å². The molecule has 1 aliphatic rings. The van der Waals surface area contributed by atoms with Crippen LogP contribution in [-0.2, 0) is 9.53 Å². The zero-order chi connectivity index (χ0) is 10.7. The topological polar surface area (TPSA) is 55.6 Å². The molecule has 1 aliphatic heterocycles. The van der Waals surface area contributed by atoms with Gasteiger partial charge in [-0.05, 0) is 20.3 Å². The fraction of sp³-hybridized carbons (Fsp3) is 0.900. The Bertz CT molecular complexity index is 208. The third-order valence-electron chi connectivity index (χ3n) is 2.65. The Balaban J connectivity index is 2.60. The van der Waals surface area contributed by atoms with Crippen molar-refractivity contribution < 1.29 is 9.53 Å². The van der Waals surface area contributed by atoms with Crippen molar-refractivity contribution in [3.63, 3.8) is 0 Å². The molecule has 1 rings (SSSR count). The monoisotopic (exact) mass is 200 g/mol. The molecule has 2 N–H and O–H groups in total. The maximum Gasteiger partial charge on any atom is 0.239 e. The maximum atomic E-state index is 11.8. The number of hydrogen-bond acceptors (Lipinski definition) is 3. The van der Waals surface area contributed by atoms with E-state index in [2.05, 4.69) is 0 Å². The van der Waals surface area contributed by atoms with E-state index in [1.54, 1.807) is 0 Å². The first-order valence-electron chi connectivity index (χ1n) is 5.24. The van der Waals surface area contributed by atoms with Crippen LogP contribution in [-0.4, -0.2) is 42.1 Å². The van der Waals surface area contributed by atoms with Crippen LogP contribution in [0.25, 0.3) is 0 Å². The Morgan fingerprint density at radius 1 is 1.64 bits per heavy atom. The molecule has 4 nitrogen and oxygen atoms in total. The highest BCUT2D eigenvalue weighted by atomic mass is 16.5. The second kappa shape index (κ2) is 4.75. The predicted octanol–water partition coefficient (Wildman–Crippen LogP) is 0.359. The highest BCUT2D eigenvalue weighted by Gasteiger charge is 2.29. The SMILES string of the molecule is CCC(N)C(=O)N1CC(C)OCC1C. The van der Waals surface area contributed by atoms with Crippen LogP contribution < -0.4 is 5.73 Å². The van der Waals surface area contributed by atoms with Gasteiger partial charge in [-0.15, -0.1) is 0 Å². The largest absolute Gasteiger partial charge is 0.375 e. The number of nitrogens with zero attached hydrogens (tertiary/aromatic N) is 1. The molecule has 3 atom stereocenters. The van der Waals surface area contributed by atoms with E-state index in [1.807, 2.05) is 25.7 Å². The number of amides is 1. The van der Waals surface area contributed by atoms with Gasteiger partial charge in [-0.1, -0.05) is 6.92 Å². The second-order valence-corrected chi connectivity index (χ2v) is 4.00. The first kappa shape index (κ1) is 11.5. The molecule has 0 radical (unpaired) electrons. The summed E-state index contributed by atoms with van der Waals surface area (Å²) in [6.07, 6.45) is 0.816. The van der Waals surface area contributed by atoms with Gasteiger partial charge in [0.1, 0.15) is 0 Å². The summed E-state index contributed by atoms with van der Waals surface area (Å²) in [5.74, 6) is 0.0511. The minimum atomic E-state index is -0.359. The van der Waals surface area contributed by atoms with E-state index in [-0.39, 0.29) is 24.1 Å². The Hall–Kier alpha value is -0.610. The van der Waals surface area contributed by atoms with E-state index >= 15 is 0 Å². The molecule has 0 bridgehead atoms. The van der Waals surface area contributed by atoms with Gasteiger partial charge in [0.25, 0.3) is 0 Å². The molecule has 3 unspecified atom stereocenters. The quantitative estimate of drug-likeness (QED) is 0.700. The molecule has 0 spiro atoms. The first-order valence-corrected chi connectivity index (χ1v) is 5.24. The van der Waals surface area contributed by atoms with Crippen LogP contribution >= 0.6 is 0 Å². The van der Waals surface area contributed by atoms with Gasteiger partial charge < -0.3 is 15.4 Å². The zero-order valence-electron chi connectivity index (χ0n) is 9.19. The molecule has 1 fully saturated rings. The summed E-state index contributed by atoms with van der Waals surface area (Å²) in [7, 11) is 0. The van der Waals surface area contributed by atoms with E-state index in [4.69, 9.17) is 10.5 Å². The smallest absolute Gasteiger partial charge is 0.239 e. The van der Waals surface area contributed by atoms with Crippen LogP contribution in [0.15, 0.2) is 0 Å². The Morgan fingerprint density at radius 3 is 2.86 bits per heavy atom. The number of carbonyl (C=O) groups excluding carboxylic acids is 1. The number of rotatable bonds is 2. The van der Waals surface area contributed by atoms with E-state index in [0.29, 0.717) is 19.6 Å². The van der Waals surface area contributed by atoms with Crippen LogP contribution in [0.5, 0.6) is 0 Å². The number of carbonyl (C=O) groups is 1. The van der Waals surface area contributed by atoms with E-state index < -0.39 is 0 Å². The van der Waals surface area contributed by atoms with E-state index in [9.17, 15) is 4.79 Å². The van der Waals surface area contributed by atoms with E-state index in [1.165, 1.54) is 0 Å². The van der Waals surface area contributed by atoms with Crippen molar-refractivity contribution in [2.45, 2.75) is 45.4 Å². The van der Waals surface area contributed by atoms with Gasteiger partial charge in [-0.3, -0.25) is 4.79 Å². The van der Waals surface area contributed by atoms with Gasteiger partial charge >= 0.3 is 0 Å². The summed E-state index contributed by atoms with van der Waals surface area (Å²) in [5, 5.41) is 0. The predicted molar refractivity (Wildman–Crippen MR) is 54.9 cm³/mol. The molecule has 14 heavy (non-hydrogen) atoms. The molecule has 0 aliphatic carbocycles. The third-order valence-corrected chi connectivity index (χ3v) is 2.65. The summed E-state index contributed by atoms with van der Waals surface area (Å²) in [6.45, 7) is 7.17. The van der Waals surface area contributed by atoms with Crippen LogP contribution in [0, 0.1) is 0 Å². The van der Waals surface area contributed by atoms with Gasteiger partial charge in [0, 0.05) is 6.54 Å². The zero-order valence-corrected chi connectivity index (χ0v) is 9.19. The third kappa shape index (κ3) is 2.45. The van der Waals surface area contributed by atoms with Crippen LogP contribution in [0.1, 0.15) is 27.2 Å². The van der Waals surface area contributed by atoms with Gasteiger partial charge in [-0.25, -0.2) is 0 Å². The first-order chi connectivity index (χ1) is 6.56. The summed E-state index contributed by atoms with van der Waals surface area (Å²) in [5.41, 5.74) is 5.72. The minimum absolute atomic E-state index is 0.0511. The number of nitrogens with two attached hydrogens (primary N) is 1. The van der Waals surface area contributed by atoms with Gasteiger partial charge in [0.2, 0.25) is 5.91 Å². The van der Waals surface area contributed by atoms with Crippen molar-refractivity contribution in [2.24, 2.45) is 5.73 Å². The van der Waals surface area contributed by atoms with Crippen molar-refractivity contribution in [3.8, 4) is 0 Å². The summed E-state index contributed by atoms with van der Waals surface area (Å²) >= 11 is 0. The van der Waals surface area contributed by atoms with Crippen molar-refractivity contribution >= 4 is 5.91 Å². The fourth-order valence-corrected chi connectivity index (χ4v) is 1.60. The molecule has 0 aromatic rings. The molecular formula is C10H20N2O2. The van der Waals surface area contributed by atoms with Crippen molar-refractivity contribution in [1.29, 1.82) is 0 Å². The highest BCUT2D eigenvalue weighted by Crippen LogP contribution is 2.12. The molecule has 1 heterocycles. The minimum Gasteiger partial charge on any atom is -0.375 e. The molecule has 1 saturated heterocycles. The normalized spacial score (nSPS) is 30.1. The molecule has 1 amide bonds. The summed E-state index contributed by atoms with van der Waals surface area (Å²) in [4.78, 5) is 13.7. The van der Waals surface area contributed by atoms with Crippen LogP contribution in [0.4, 0.5) is 0 Å². The second-order valence-electron chi connectivity index (χ2n) is 4.00. The average molecular weight is 200 g/mol. The van der Waals surface area contributed by atoms with Crippen molar-refractivity contribution in [1.82, 2.24) is 4.90 Å². The highest BCUT2D eigenvalue weighted by molar-refractivity contribution is 5.82. The molecule has 0 aromatic carbocycles. The maximum absolute atomic E-state index is 11.8. The standard InChI is InChI=1S/C10H20N2O2/c1-4-9(11)10(13)12-5-8(3)14-6-7(12)2/h7-9H,4-6,11H2,1-3H3. The lowest BCUT2D eigenvalue weighted by atomic mass is 10.1. The lowest BCUT2D eigenvalue weighted by molar-refractivity contribution is -0.144. The van der Waals surface area contributed by atoms with Gasteiger partial charge in [0.15, 0.2) is 0 Å². The average Bonchev–Trinajstić information content (AvgIpc) is 2.19. The van der Waals surface area contributed by atoms with E-state index in [0.717, 1.165) is 0 Å². The number of ether oxygens (including phenoxy) is 1. The molecule has 82 valence electrons. The molecule has 4 heteroatoms. The summed E-state index contributed by atoms with van der Waals surface area (Å²) in [6, 6.07) is -0.209. The lowest BCUT2D eigenvalue weighted by Crippen LogP contribution is -2.54. The Labute approximate surface area is 85.4 Å². The van der Waals surface area contributed by atoms with Gasteiger partial charge in [-0.2, -0.15) is 0 Å². The number of hydrogen-bond donors (Lipinski definition) is 1. The van der Waals surface area contributed by atoms with Gasteiger partial charge in [0.05, 0.1) is 24.8 Å². The van der Waals surface area contributed by atoms with Crippen molar-refractivity contribution in [2.75, 3.05) is 13.2 Å². The Kier molecular flexibility index (Phi) is 3.89.